The van der Waals surface area contributed by atoms with Gasteiger partial charge in [0.2, 0.25) is 0 Å². The lowest BCUT2D eigenvalue weighted by molar-refractivity contribution is -0.194. The van der Waals surface area contributed by atoms with Crippen LogP contribution in [-0.4, -0.2) is 73.1 Å². The zero-order chi connectivity index (χ0) is 34.9. The highest BCUT2D eigenvalue weighted by Crippen LogP contribution is 2.86. The van der Waals surface area contributed by atoms with E-state index in [0.29, 0.717) is 18.4 Å². The first-order chi connectivity index (χ1) is 21.9. The Morgan fingerprint density at radius 1 is 0.894 bits per heavy atom. The van der Waals surface area contributed by atoms with Crippen molar-refractivity contribution in [1.29, 1.82) is 0 Å². The molecule has 1 aromatic carbocycles. The molecule has 0 saturated heterocycles. The smallest absolute Gasteiger partial charge is 0.308 e. The molecule has 0 aromatic heterocycles. The fraction of sp³-hybridized carbons (Fsp3) is 0.649. The molecule has 0 amide bonds. The van der Waals surface area contributed by atoms with E-state index < -0.39 is 81.8 Å². The second-order valence-corrected chi connectivity index (χ2v) is 15.0. The van der Waals surface area contributed by atoms with Gasteiger partial charge in [0.1, 0.15) is 30.2 Å². The predicted molar refractivity (Wildman–Crippen MR) is 171 cm³/mol. The first kappa shape index (κ1) is 34.8. The van der Waals surface area contributed by atoms with Crippen LogP contribution in [0.1, 0.15) is 85.8 Å². The maximum absolute atomic E-state index is 14.0. The molecule has 10 atom stereocenters. The number of ether oxygens (including phenoxy) is 4. The van der Waals surface area contributed by atoms with E-state index in [1.165, 1.54) is 20.8 Å². The Hall–Kier alpha value is -3.53. The summed E-state index contributed by atoms with van der Waals surface area (Å²) in [4.78, 5) is 68.3. The van der Waals surface area contributed by atoms with Gasteiger partial charge in [0.05, 0.1) is 11.8 Å². The summed E-state index contributed by atoms with van der Waals surface area (Å²) in [6, 6.07) is 9.48. The highest BCUT2D eigenvalue weighted by atomic mass is 16.6. The summed E-state index contributed by atoms with van der Waals surface area (Å²) in [7, 11) is 3.81. The molecule has 0 unspecified atom stereocenters. The molecule has 0 heterocycles. The van der Waals surface area contributed by atoms with Gasteiger partial charge in [-0.15, -0.1) is 0 Å². The van der Waals surface area contributed by atoms with Gasteiger partial charge >= 0.3 is 23.9 Å². The van der Waals surface area contributed by atoms with E-state index in [0.717, 1.165) is 5.56 Å². The van der Waals surface area contributed by atoms with Gasteiger partial charge in [0.25, 0.3) is 0 Å². The minimum Gasteiger partial charge on any atom is -0.461 e. The number of Topliss-reactive ketones (excluding diaryl/α,β-unsaturated/α-hetero) is 1. The topological polar surface area (TPSA) is 126 Å². The Kier molecular flexibility index (Phi) is 8.78. The summed E-state index contributed by atoms with van der Waals surface area (Å²) >= 11 is 0. The van der Waals surface area contributed by atoms with E-state index in [-0.39, 0.29) is 24.7 Å². The number of benzene rings is 1. The predicted octanol–water partition coefficient (Wildman–Crippen LogP) is 4.99. The van der Waals surface area contributed by atoms with Gasteiger partial charge in [-0.1, -0.05) is 64.6 Å². The third kappa shape index (κ3) is 4.71. The number of carbonyl (C=O) groups is 5. The van der Waals surface area contributed by atoms with Crippen molar-refractivity contribution < 1.29 is 42.9 Å². The lowest BCUT2D eigenvalue weighted by Gasteiger charge is -2.60. The quantitative estimate of drug-likeness (QED) is 0.216. The minimum absolute atomic E-state index is 0.0602. The first-order valence-electron chi connectivity index (χ1n) is 16.5. The fourth-order valence-corrected chi connectivity index (χ4v) is 10.9. The molecule has 10 nitrogen and oxygen atoms in total. The molecule has 5 rings (SSSR count). The number of carbonyl (C=O) groups excluding carboxylic acids is 5. The number of esters is 4. The van der Waals surface area contributed by atoms with Gasteiger partial charge in [-0.3, -0.25) is 24.0 Å². The molecule has 1 aromatic rings. The Balaban J connectivity index is 1.69. The van der Waals surface area contributed by atoms with Crippen molar-refractivity contribution in [1.82, 2.24) is 4.90 Å². The Bertz CT molecular complexity index is 1490. The van der Waals surface area contributed by atoms with Crippen LogP contribution in [0, 0.1) is 33.5 Å². The van der Waals surface area contributed by atoms with Gasteiger partial charge < -0.3 is 23.8 Å². The standard InChI is InChI=1S/C37H49NO9/c1-20-28(42)18-26-31(44-22(3)39)37-21(2)29(47-30(43)19-27(38(9)10)25-14-12-11-13-15-25)16-17-35(37,8)32(45-23(4)40)33(46-24(5)41)36(20,37)34(26,6)7/h11-15,20,26-27,29,31-33H,2,16-19H2,1,3-10H3/t20-,26+,27+,29+,31-,32+,33+,35+,36-,37-/m1/s1. The average Bonchev–Trinajstić information content (AvgIpc) is 3.22. The van der Waals surface area contributed by atoms with Crippen molar-refractivity contribution in [3.8, 4) is 0 Å². The van der Waals surface area contributed by atoms with Crippen molar-refractivity contribution >= 4 is 29.7 Å². The molecule has 4 fully saturated rings. The number of ketones is 1. The molecule has 4 saturated carbocycles. The van der Waals surface area contributed by atoms with Crippen LogP contribution in [0.5, 0.6) is 0 Å². The zero-order valence-corrected chi connectivity index (χ0v) is 29.1. The highest BCUT2D eigenvalue weighted by Gasteiger charge is 2.92. The summed E-state index contributed by atoms with van der Waals surface area (Å²) < 4.78 is 24.9. The van der Waals surface area contributed by atoms with Crippen molar-refractivity contribution in [3.05, 3.63) is 48.0 Å². The monoisotopic (exact) mass is 651 g/mol. The Morgan fingerprint density at radius 3 is 2.00 bits per heavy atom. The number of hydrogen-bond donors (Lipinski definition) is 0. The van der Waals surface area contributed by atoms with Crippen LogP contribution in [0.3, 0.4) is 0 Å². The molecule has 10 heteroatoms. The third-order valence-electron chi connectivity index (χ3n) is 12.4. The van der Waals surface area contributed by atoms with Gasteiger partial charge in [0.15, 0.2) is 0 Å². The van der Waals surface area contributed by atoms with Crippen LogP contribution >= 0.6 is 0 Å². The second-order valence-electron chi connectivity index (χ2n) is 15.0. The van der Waals surface area contributed by atoms with E-state index >= 15 is 0 Å². The minimum atomic E-state index is -1.27. The number of hydrogen-bond acceptors (Lipinski definition) is 10. The number of rotatable bonds is 8. The van der Waals surface area contributed by atoms with E-state index in [9.17, 15) is 24.0 Å². The molecule has 2 bridgehead atoms. The average molecular weight is 652 g/mol. The molecule has 256 valence electrons. The largest absolute Gasteiger partial charge is 0.461 e. The molecule has 4 aliphatic carbocycles. The van der Waals surface area contributed by atoms with Crippen molar-refractivity contribution in [2.45, 2.75) is 105 Å². The molecule has 0 aliphatic heterocycles. The summed E-state index contributed by atoms with van der Waals surface area (Å²) in [6.07, 6.45) is -2.79. The molecule has 0 radical (unpaired) electrons. The molecule has 2 spiro atoms. The Labute approximate surface area is 277 Å². The third-order valence-corrected chi connectivity index (χ3v) is 12.4. The first-order valence-corrected chi connectivity index (χ1v) is 16.5. The normalized spacial score (nSPS) is 37.4. The molecular formula is C37H49NO9. The molecular weight excluding hydrogens is 602 g/mol. The van der Waals surface area contributed by atoms with Crippen LogP contribution in [0.4, 0.5) is 0 Å². The van der Waals surface area contributed by atoms with Crippen molar-refractivity contribution in [2.24, 2.45) is 33.5 Å². The highest BCUT2D eigenvalue weighted by molar-refractivity contribution is 5.86. The summed E-state index contributed by atoms with van der Waals surface area (Å²) in [5.74, 6) is -3.34. The maximum atomic E-state index is 14.0. The van der Waals surface area contributed by atoms with Crippen LogP contribution in [-0.2, 0) is 42.9 Å². The van der Waals surface area contributed by atoms with Crippen LogP contribution < -0.4 is 0 Å². The lowest BCUT2D eigenvalue weighted by Crippen LogP contribution is -2.63. The fourth-order valence-electron chi connectivity index (χ4n) is 10.9. The Morgan fingerprint density at radius 2 is 1.45 bits per heavy atom. The van der Waals surface area contributed by atoms with Crippen molar-refractivity contribution in [3.63, 3.8) is 0 Å². The van der Waals surface area contributed by atoms with E-state index in [2.05, 4.69) is 6.58 Å². The van der Waals surface area contributed by atoms with Gasteiger partial charge in [-0.25, -0.2) is 0 Å². The van der Waals surface area contributed by atoms with Crippen molar-refractivity contribution in [2.75, 3.05) is 14.1 Å². The van der Waals surface area contributed by atoms with E-state index in [1.807, 2.05) is 77.0 Å². The molecule has 47 heavy (non-hydrogen) atoms. The molecule has 0 N–H and O–H groups in total. The molecule has 4 aliphatic rings. The van der Waals surface area contributed by atoms with E-state index in [1.54, 1.807) is 0 Å². The van der Waals surface area contributed by atoms with Crippen LogP contribution in [0.15, 0.2) is 42.5 Å². The van der Waals surface area contributed by atoms with E-state index in [4.69, 9.17) is 18.9 Å². The van der Waals surface area contributed by atoms with Crippen LogP contribution in [0.2, 0.25) is 0 Å². The van der Waals surface area contributed by atoms with Gasteiger partial charge in [0, 0.05) is 55.9 Å². The van der Waals surface area contributed by atoms with Gasteiger partial charge in [-0.05, 0) is 43.5 Å². The zero-order valence-electron chi connectivity index (χ0n) is 29.1. The summed E-state index contributed by atoms with van der Waals surface area (Å²) in [5.41, 5.74) is -2.82. The second kappa shape index (κ2) is 11.9. The summed E-state index contributed by atoms with van der Waals surface area (Å²) in [5, 5.41) is 0. The SMILES string of the molecule is C=C1[C@@H](OC(=O)C[C@@H](c2ccccc2)N(C)C)CC[C@@]2(C)[C@@H](OC(C)=O)[C@H](OC(C)=O)[C@@]34[C@H](C)C(=O)C[C@@H]([C@@H](OC(C)=O)[C@@]132)C4(C)C. The maximum Gasteiger partial charge on any atom is 0.308 e. The lowest BCUT2D eigenvalue weighted by atomic mass is 9.42. The number of fused-ring (bicyclic) bond motifs is 1. The van der Waals surface area contributed by atoms with Crippen LogP contribution in [0.25, 0.3) is 0 Å². The van der Waals surface area contributed by atoms with Gasteiger partial charge in [-0.2, -0.15) is 0 Å². The number of nitrogens with zero attached hydrogens (tertiary/aromatic N) is 1. The summed E-state index contributed by atoms with van der Waals surface area (Å²) in [6.45, 7) is 16.4.